The highest BCUT2D eigenvalue weighted by atomic mass is 35.5. The zero-order chi connectivity index (χ0) is 19.3. The van der Waals surface area contributed by atoms with E-state index in [0.717, 1.165) is 69.6 Å². The van der Waals surface area contributed by atoms with Crippen molar-refractivity contribution in [2.75, 3.05) is 46.3 Å². The molecule has 152 valence electrons. The Balaban J connectivity index is 1.32. The standard InChI is InChI=1S/C22H31ClN4O/c1-24-12-13-26-20(16-24)21(28)27(15-18-2-3-18)22(26)8-10-25(11-9-22)14-17-4-6-19(23)7-5-17/h4-7,18,20H,2-3,8-16H2,1H3/t20-/m1/s1. The van der Waals surface area contributed by atoms with Crippen molar-refractivity contribution in [3.8, 4) is 0 Å². The molecule has 3 saturated heterocycles. The fraction of sp³-hybridized carbons (Fsp3) is 0.682. The highest BCUT2D eigenvalue weighted by molar-refractivity contribution is 6.30. The molecule has 1 spiro atoms. The Labute approximate surface area is 173 Å². The minimum atomic E-state index is -0.0396. The van der Waals surface area contributed by atoms with Crippen molar-refractivity contribution in [3.63, 3.8) is 0 Å². The number of hydrogen-bond donors (Lipinski definition) is 0. The Morgan fingerprint density at radius 2 is 1.79 bits per heavy atom. The number of amides is 1. The molecule has 1 atom stereocenters. The Morgan fingerprint density at radius 3 is 2.46 bits per heavy atom. The number of fused-ring (bicyclic) bond motifs is 2. The van der Waals surface area contributed by atoms with E-state index >= 15 is 0 Å². The molecule has 5 rings (SSSR count). The van der Waals surface area contributed by atoms with Crippen LogP contribution in [0, 0.1) is 5.92 Å². The van der Waals surface area contributed by atoms with Gasteiger partial charge in [0.15, 0.2) is 0 Å². The fourth-order valence-corrected chi connectivity index (χ4v) is 5.59. The lowest BCUT2D eigenvalue weighted by atomic mass is 9.93. The van der Waals surface area contributed by atoms with Crippen LogP contribution in [0.15, 0.2) is 24.3 Å². The molecule has 4 fully saturated rings. The van der Waals surface area contributed by atoms with Crippen LogP contribution in [0.1, 0.15) is 31.2 Å². The van der Waals surface area contributed by atoms with E-state index in [0.29, 0.717) is 5.91 Å². The van der Waals surface area contributed by atoms with E-state index < -0.39 is 0 Å². The number of nitrogens with zero attached hydrogens (tertiary/aromatic N) is 4. The predicted molar refractivity (Wildman–Crippen MR) is 111 cm³/mol. The molecule has 6 heteroatoms. The molecular weight excluding hydrogens is 372 g/mol. The van der Waals surface area contributed by atoms with Gasteiger partial charge in [0, 0.05) is 50.8 Å². The first-order valence-corrected chi connectivity index (χ1v) is 11.2. The maximum Gasteiger partial charge on any atom is 0.242 e. The highest BCUT2D eigenvalue weighted by Crippen LogP contribution is 2.44. The zero-order valence-electron chi connectivity index (χ0n) is 16.8. The van der Waals surface area contributed by atoms with Gasteiger partial charge >= 0.3 is 0 Å². The van der Waals surface area contributed by atoms with Gasteiger partial charge in [0.2, 0.25) is 5.91 Å². The first-order chi connectivity index (χ1) is 13.5. The van der Waals surface area contributed by atoms with Gasteiger partial charge in [-0.3, -0.25) is 14.6 Å². The van der Waals surface area contributed by atoms with Crippen molar-refractivity contribution in [1.29, 1.82) is 0 Å². The van der Waals surface area contributed by atoms with E-state index in [-0.39, 0.29) is 11.7 Å². The number of likely N-dealkylation sites (N-methyl/N-ethyl adjacent to an activating group) is 1. The Bertz CT molecular complexity index is 727. The summed E-state index contributed by atoms with van der Waals surface area (Å²) in [4.78, 5) is 23.1. The molecule has 4 aliphatic rings. The van der Waals surface area contributed by atoms with Gasteiger partial charge in [-0.1, -0.05) is 23.7 Å². The summed E-state index contributed by atoms with van der Waals surface area (Å²) >= 11 is 6.03. The molecule has 0 radical (unpaired) electrons. The molecule has 1 aromatic rings. The Hall–Kier alpha value is -1.14. The van der Waals surface area contributed by atoms with E-state index in [9.17, 15) is 4.79 Å². The van der Waals surface area contributed by atoms with Gasteiger partial charge in [-0.25, -0.2) is 0 Å². The van der Waals surface area contributed by atoms with Crippen molar-refractivity contribution in [1.82, 2.24) is 19.6 Å². The maximum atomic E-state index is 13.4. The van der Waals surface area contributed by atoms with Crippen molar-refractivity contribution in [3.05, 3.63) is 34.9 Å². The fourth-order valence-electron chi connectivity index (χ4n) is 5.46. The Morgan fingerprint density at radius 1 is 1.07 bits per heavy atom. The number of halogens is 1. The lowest BCUT2D eigenvalue weighted by molar-refractivity contribution is -0.134. The number of carbonyl (C=O) groups is 1. The summed E-state index contributed by atoms with van der Waals surface area (Å²) in [6.45, 7) is 7.02. The zero-order valence-corrected chi connectivity index (χ0v) is 17.6. The van der Waals surface area contributed by atoms with Gasteiger partial charge in [0.25, 0.3) is 0 Å². The van der Waals surface area contributed by atoms with Crippen LogP contribution in [0.2, 0.25) is 5.02 Å². The van der Waals surface area contributed by atoms with E-state index in [2.05, 4.69) is 38.8 Å². The van der Waals surface area contributed by atoms with Crippen molar-refractivity contribution < 1.29 is 4.79 Å². The second-order valence-corrected chi connectivity index (χ2v) is 9.69. The van der Waals surface area contributed by atoms with Crippen molar-refractivity contribution in [2.45, 2.75) is 43.9 Å². The number of hydrogen-bond acceptors (Lipinski definition) is 4. The van der Waals surface area contributed by atoms with Crippen molar-refractivity contribution >= 4 is 17.5 Å². The number of benzene rings is 1. The first-order valence-electron chi connectivity index (χ1n) is 10.8. The molecule has 0 N–H and O–H groups in total. The topological polar surface area (TPSA) is 30.0 Å². The third-order valence-electron chi connectivity index (χ3n) is 7.29. The summed E-state index contributed by atoms with van der Waals surface area (Å²) in [5, 5.41) is 0.794. The normalized spacial score (nSPS) is 28.9. The molecule has 0 unspecified atom stereocenters. The number of carbonyl (C=O) groups excluding carboxylic acids is 1. The van der Waals surface area contributed by atoms with Crippen molar-refractivity contribution in [2.24, 2.45) is 5.92 Å². The number of likely N-dealkylation sites (tertiary alicyclic amines) is 1. The lowest BCUT2D eigenvalue weighted by Crippen LogP contribution is -2.63. The lowest BCUT2D eigenvalue weighted by Gasteiger charge is -2.51. The average molecular weight is 403 g/mol. The van der Waals surface area contributed by atoms with Crippen LogP contribution in [0.4, 0.5) is 0 Å². The van der Waals surface area contributed by atoms with Gasteiger partial charge in [-0.15, -0.1) is 0 Å². The van der Waals surface area contributed by atoms with Gasteiger partial charge in [-0.05, 0) is 56.3 Å². The highest BCUT2D eigenvalue weighted by Gasteiger charge is 2.58. The third kappa shape index (κ3) is 3.36. The molecular formula is C22H31ClN4O. The SMILES string of the molecule is CN1CCN2[C@H](C1)C(=O)N(CC1CC1)C21CCN(Cc2ccc(Cl)cc2)CC1. The molecule has 28 heavy (non-hydrogen) atoms. The molecule has 0 bridgehead atoms. The minimum absolute atomic E-state index is 0.0396. The summed E-state index contributed by atoms with van der Waals surface area (Å²) in [6.07, 6.45) is 4.73. The molecule has 3 aliphatic heterocycles. The summed E-state index contributed by atoms with van der Waals surface area (Å²) in [5.74, 6) is 1.14. The van der Waals surface area contributed by atoms with Crippen LogP contribution < -0.4 is 0 Å². The van der Waals surface area contributed by atoms with Crippen LogP contribution in [-0.2, 0) is 11.3 Å². The largest absolute Gasteiger partial charge is 0.322 e. The molecule has 1 amide bonds. The monoisotopic (exact) mass is 402 g/mol. The van der Waals surface area contributed by atoms with Gasteiger partial charge in [-0.2, -0.15) is 0 Å². The average Bonchev–Trinajstić information content (AvgIpc) is 3.49. The van der Waals surface area contributed by atoms with Gasteiger partial charge in [0.05, 0.1) is 5.66 Å². The summed E-state index contributed by atoms with van der Waals surface area (Å²) in [6, 6.07) is 8.28. The minimum Gasteiger partial charge on any atom is -0.322 e. The Kier molecular flexibility index (Phi) is 4.90. The smallest absolute Gasteiger partial charge is 0.242 e. The van der Waals surface area contributed by atoms with E-state index in [1.807, 2.05) is 12.1 Å². The molecule has 1 aliphatic carbocycles. The predicted octanol–water partition coefficient (Wildman–Crippen LogP) is 2.50. The van der Waals surface area contributed by atoms with Crippen LogP contribution >= 0.6 is 11.6 Å². The summed E-state index contributed by atoms with van der Waals surface area (Å²) < 4.78 is 0. The van der Waals surface area contributed by atoms with Crippen LogP contribution in [-0.4, -0.2) is 83.5 Å². The van der Waals surface area contributed by atoms with E-state index in [4.69, 9.17) is 11.6 Å². The second kappa shape index (κ2) is 7.28. The number of rotatable bonds is 4. The summed E-state index contributed by atoms with van der Waals surface area (Å²) in [7, 11) is 2.15. The molecule has 5 nitrogen and oxygen atoms in total. The number of piperidine rings is 1. The quantitative estimate of drug-likeness (QED) is 0.774. The van der Waals surface area contributed by atoms with Crippen LogP contribution in [0.25, 0.3) is 0 Å². The van der Waals surface area contributed by atoms with E-state index in [1.54, 1.807) is 0 Å². The van der Waals surface area contributed by atoms with Gasteiger partial charge < -0.3 is 9.80 Å². The second-order valence-electron chi connectivity index (χ2n) is 9.25. The molecule has 1 saturated carbocycles. The van der Waals surface area contributed by atoms with E-state index in [1.165, 1.54) is 18.4 Å². The van der Waals surface area contributed by atoms with Crippen LogP contribution in [0.3, 0.4) is 0 Å². The van der Waals surface area contributed by atoms with Gasteiger partial charge in [0.1, 0.15) is 6.04 Å². The summed E-state index contributed by atoms with van der Waals surface area (Å²) in [5.41, 5.74) is 1.28. The third-order valence-corrected chi connectivity index (χ3v) is 7.54. The molecule has 0 aromatic heterocycles. The maximum absolute atomic E-state index is 13.4. The molecule has 3 heterocycles. The number of piperazine rings is 1. The molecule has 1 aromatic carbocycles. The first kappa shape index (κ1) is 18.9. The van der Waals surface area contributed by atoms with Crippen LogP contribution in [0.5, 0.6) is 0 Å².